The normalized spacial score (nSPS) is 24.6. The lowest BCUT2D eigenvalue weighted by molar-refractivity contribution is -0.145. The fraction of sp³-hybridized carbons (Fsp3) is 0.786. The lowest BCUT2D eigenvalue weighted by Crippen LogP contribution is -2.38. The summed E-state index contributed by atoms with van der Waals surface area (Å²) in [5.41, 5.74) is -0.530. The van der Waals surface area contributed by atoms with Crippen molar-refractivity contribution < 1.29 is 22.7 Å². The van der Waals surface area contributed by atoms with Crippen LogP contribution < -0.4 is 4.90 Å². The van der Waals surface area contributed by atoms with E-state index in [2.05, 4.69) is 10.1 Å². The van der Waals surface area contributed by atoms with Crippen LogP contribution >= 0.6 is 0 Å². The van der Waals surface area contributed by atoms with Gasteiger partial charge in [0.1, 0.15) is 0 Å². The second-order valence-corrected chi connectivity index (χ2v) is 6.34. The number of alkyl halides is 3. The average Bonchev–Trinajstić information content (AvgIpc) is 3.18. The van der Waals surface area contributed by atoms with Crippen molar-refractivity contribution in [3.05, 3.63) is 5.82 Å². The largest absolute Gasteiger partial charge is 0.453 e. The Morgan fingerprint density at radius 3 is 2.62 bits per heavy atom. The first kappa shape index (κ1) is 17.0. The molecular formula is C14H20F3N5O2. The van der Waals surface area contributed by atoms with Crippen LogP contribution in [0.2, 0.25) is 0 Å². The number of aryl methyl sites for hydroxylation is 1. The van der Waals surface area contributed by atoms with Gasteiger partial charge in [-0.15, -0.1) is 5.10 Å². The average molecular weight is 347 g/mol. The molecule has 0 aromatic carbocycles. The lowest BCUT2D eigenvalue weighted by Gasteiger charge is -2.23. The molecule has 24 heavy (non-hydrogen) atoms. The number of halogens is 3. The smallest absolute Gasteiger partial charge is 0.383 e. The molecule has 3 rings (SSSR count). The van der Waals surface area contributed by atoms with E-state index in [-0.39, 0.29) is 11.9 Å². The number of anilines is 1. The monoisotopic (exact) mass is 347 g/mol. The van der Waals surface area contributed by atoms with Crippen molar-refractivity contribution in [2.45, 2.75) is 19.0 Å². The van der Waals surface area contributed by atoms with Crippen molar-refractivity contribution in [3.8, 4) is 0 Å². The minimum atomic E-state index is -4.58. The van der Waals surface area contributed by atoms with Gasteiger partial charge < -0.3 is 14.5 Å². The number of rotatable bonds is 4. The number of likely N-dealkylation sites (tertiary alicyclic amines) is 1. The van der Waals surface area contributed by atoms with Crippen LogP contribution in [0.1, 0.15) is 18.7 Å². The molecule has 1 aromatic rings. The highest BCUT2D eigenvalue weighted by Crippen LogP contribution is 2.42. The van der Waals surface area contributed by atoms with Crippen molar-refractivity contribution in [2.24, 2.45) is 12.5 Å². The van der Waals surface area contributed by atoms with Crippen molar-refractivity contribution in [3.63, 3.8) is 0 Å². The van der Waals surface area contributed by atoms with Crippen LogP contribution in [0.25, 0.3) is 0 Å². The molecule has 1 aromatic heterocycles. The van der Waals surface area contributed by atoms with Crippen LogP contribution in [0.3, 0.4) is 0 Å². The van der Waals surface area contributed by atoms with Crippen LogP contribution in [-0.4, -0.2) is 65.5 Å². The molecule has 2 aliphatic rings. The van der Waals surface area contributed by atoms with Crippen LogP contribution in [0.15, 0.2) is 0 Å². The Morgan fingerprint density at radius 2 is 2.00 bits per heavy atom. The molecule has 2 aliphatic heterocycles. The fourth-order valence-corrected chi connectivity index (χ4v) is 3.50. The van der Waals surface area contributed by atoms with E-state index in [1.54, 1.807) is 16.9 Å². The molecule has 3 heterocycles. The molecule has 1 unspecified atom stereocenters. The highest BCUT2D eigenvalue weighted by atomic mass is 19.4. The fourth-order valence-electron chi connectivity index (χ4n) is 3.50. The number of nitrogens with zero attached hydrogens (tertiary/aromatic N) is 5. The van der Waals surface area contributed by atoms with Crippen LogP contribution in [0, 0.1) is 5.41 Å². The summed E-state index contributed by atoms with van der Waals surface area (Å²) in [6.45, 7) is 2.54. The zero-order valence-electron chi connectivity index (χ0n) is 13.6. The molecular weight excluding hydrogens is 327 g/mol. The predicted octanol–water partition coefficient (Wildman–Crippen LogP) is 0.909. The maximum atomic E-state index is 12.8. The molecule has 1 amide bonds. The van der Waals surface area contributed by atoms with E-state index in [4.69, 9.17) is 4.74 Å². The highest BCUT2D eigenvalue weighted by molar-refractivity contribution is 5.86. The zero-order chi connectivity index (χ0) is 17.5. The van der Waals surface area contributed by atoms with Gasteiger partial charge in [-0.05, 0) is 12.8 Å². The van der Waals surface area contributed by atoms with Gasteiger partial charge in [-0.1, -0.05) is 0 Å². The van der Waals surface area contributed by atoms with E-state index in [1.165, 1.54) is 7.05 Å². The molecule has 10 heteroatoms. The van der Waals surface area contributed by atoms with Gasteiger partial charge in [0, 0.05) is 40.3 Å². The highest BCUT2D eigenvalue weighted by Gasteiger charge is 2.51. The van der Waals surface area contributed by atoms with Crippen molar-refractivity contribution in [2.75, 3.05) is 44.8 Å². The molecule has 7 nitrogen and oxygen atoms in total. The predicted molar refractivity (Wildman–Crippen MR) is 78.3 cm³/mol. The molecule has 0 aliphatic carbocycles. The number of hydrogen-bond donors (Lipinski definition) is 0. The van der Waals surface area contributed by atoms with Crippen LogP contribution in [0.4, 0.5) is 19.1 Å². The Bertz CT molecular complexity index is 632. The van der Waals surface area contributed by atoms with Gasteiger partial charge in [-0.3, -0.25) is 4.79 Å². The Balaban J connectivity index is 1.74. The number of amides is 1. The first-order valence-corrected chi connectivity index (χ1v) is 7.78. The maximum Gasteiger partial charge on any atom is 0.453 e. The third-order valence-electron chi connectivity index (χ3n) is 4.80. The SMILES string of the molecule is COCCN1CCC2(CCN(c3nc(C(F)(F)F)nn3C)C2)C1=O. The summed E-state index contributed by atoms with van der Waals surface area (Å²) in [6.07, 6.45) is -3.26. The summed E-state index contributed by atoms with van der Waals surface area (Å²) < 4.78 is 44.4. The first-order chi connectivity index (χ1) is 11.3. The Labute approximate surface area is 137 Å². The van der Waals surface area contributed by atoms with E-state index in [9.17, 15) is 18.0 Å². The molecule has 1 atom stereocenters. The van der Waals surface area contributed by atoms with Crippen molar-refractivity contribution in [1.82, 2.24) is 19.7 Å². The van der Waals surface area contributed by atoms with E-state index in [1.807, 2.05) is 0 Å². The Morgan fingerprint density at radius 1 is 1.29 bits per heavy atom. The quantitative estimate of drug-likeness (QED) is 0.810. The number of methoxy groups -OCH3 is 1. The van der Waals surface area contributed by atoms with E-state index >= 15 is 0 Å². The summed E-state index contributed by atoms with van der Waals surface area (Å²) in [5.74, 6) is -0.942. The number of hydrogen-bond acceptors (Lipinski definition) is 5. The molecule has 0 N–H and O–H groups in total. The summed E-state index contributed by atoms with van der Waals surface area (Å²) in [7, 11) is 3.02. The number of ether oxygens (including phenoxy) is 1. The molecule has 0 bridgehead atoms. The van der Waals surface area contributed by atoms with Gasteiger partial charge in [0.25, 0.3) is 5.82 Å². The standard InChI is InChI=1S/C14H20F3N5O2/c1-20-12(18-10(19-20)14(15,16)17)22-6-4-13(9-22)3-5-21(11(13)23)7-8-24-2/h3-9H2,1-2H3. The summed E-state index contributed by atoms with van der Waals surface area (Å²) in [4.78, 5) is 19.8. The third kappa shape index (κ3) is 2.83. The number of carbonyl (C=O) groups is 1. The Kier molecular flexibility index (Phi) is 4.18. The van der Waals surface area contributed by atoms with Gasteiger partial charge in [-0.25, -0.2) is 4.68 Å². The maximum absolute atomic E-state index is 12.8. The summed E-state index contributed by atoms with van der Waals surface area (Å²) >= 11 is 0. The van der Waals surface area contributed by atoms with E-state index in [0.717, 1.165) is 4.68 Å². The van der Waals surface area contributed by atoms with Gasteiger partial charge in [0.05, 0.1) is 12.0 Å². The molecule has 2 fully saturated rings. The minimum Gasteiger partial charge on any atom is -0.383 e. The molecule has 0 radical (unpaired) electrons. The van der Waals surface area contributed by atoms with Crippen LogP contribution in [0.5, 0.6) is 0 Å². The topological polar surface area (TPSA) is 63.5 Å². The zero-order valence-corrected chi connectivity index (χ0v) is 13.6. The van der Waals surface area contributed by atoms with E-state index < -0.39 is 17.4 Å². The third-order valence-corrected chi connectivity index (χ3v) is 4.80. The van der Waals surface area contributed by atoms with Crippen molar-refractivity contribution >= 4 is 11.9 Å². The van der Waals surface area contributed by atoms with E-state index in [0.29, 0.717) is 45.6 Å². The van der Waals surface area contributed by atoms with Crippen molar-refractivity contribution in [1.29, 1.82) is 0 Å². The second kappa shape index (κ2) is 5.91. The summed E-state index contributed by atoms with van der Waals surface area (Å²) in [5, 5.41) is 3.44. The minimum absolute atomic E-state index is 0.0558. The molecule has 134 valence electrons. The summed E-state index contributed by atoms with van der Waals surface area (Å²) in [6, 6.07) is 0. The molecule has 2 saturated heterocycles. The van der Waals surface area contributed by atoms with Crippen LogP contribution in [-0.2, 0) is 22.8 Å². The first-order valence-electron chi connectivity index (χ1n) is 7.78. The number of aromatic nitrogens is 3. The van der Waals surface area contributed by atoms with Gasteiger partial charge in [0.2, 0.25) is 11.9 Å². The van der Waals surface area contributed by atoms with Gasteiger partial charge >= 0.3 is 6.18 Å². The second-order valence-electron chi connectivity index (χ2n) is 6.34. The molecule has 0 saturated carbocycles. The van der Waals surface area contributed by atoms with Gasteiger partial charge in [0.15, 0.2) is 0 Å². The number of carbonyl (C=O) groups excluding carboxylic acids is 1. The lowest BCUT2D eigenvalue weighted by atomic mass is 9.85. The molecule has 1 spiro atoms. The van der Waals surface area contributed by atoms with Gasteiger partial charge in [-0.2, -0.15) is 18.2 Å². The Hall–Kier alpha value is -1.84.